The summed E-state index contributed by atoms with van der Waals surface area (Å²) < 4.78 is 5.62. The van der Waals surface area contributed by atoms with Crippen molar-refractivity contribution in [2.75, 3.05) is 18.4 Å². The lowest BCUT2D eigenvalue weighted by Gasteiger charge is -2.21. The van der Waals surface area contributed by atoms with Gasteiger partial charge in [-0.05, 0) is 38.5 Å². The van der Waals surface area contributed by atoms with Gasteiger partial charge in [-0.15, -0.1) is 0 Å². The maximum absolute atomic E-state index is 12.4. The summed E-state index contributed by atoms with van der Waals surface area (Å²) in [6.45, 7) is 7.53. The summed E-state index contributed by atoms with van der Waals surface area (Å²) in [4.78, 5) is 14.3. The normalized spacial score (nSPS) is 10.6. The summed E-state index contributed by atoms with van der Waals surface area (Å²) >= 11 is 3.39. The van der Waals surface area contributed by atoms with Crippen LogP contribution in [0.5, 0.6) is 5.75 Å². The molecule has 106 valence electrons. The fraction of sp³-hybridized carbons (Fsp3) is 0.533. The molecule has 1 aromatic rings. The monoisotopic (exact) mass is 327 g/mol. The Kier molecular flexibility index (Phi) is 6.92. The van der Waals surface area contributed by atoms with Gasteiger partial charge in [-0.3, -0.25) is 4.79 Å². The van der Waals surface area contributed by atoms with Gasteiger partial charge in [0.1, 0.15) is 5.75 Å². The highest BCUT2D eigenvalue weighted by atomic mass is 79.9. The molecule has 4 heteroatoms. The van der Waals surface area contributed by atoms with E-state index in [0.29, 0.717) is 5.56 Å². The van der Waals surface area contributed by atoms with E-state index in [9.17, 15) is 4.79 Å². The van der Waals surface area contributed by atoms with E-state index >= 15 is 0 Å². The van der Waals surface area contributed by atoms with Crippen LogP contribution in [0.15, 0.2) is 24.3 Å². The molecule has 0 aliphatic carbocycles. The minimum Gasteiger partial charge on any atom is -0.491 e. The van der Waals surface area contributed by atoms with E-state index in [1.54, 1.807) is 0 Å². The number of rotatable bonds is 7. The molecule has 0 spiro atoms. The lowest BCUT2D eigenvalue weighted by Crippen LogP contribution is -2.33. The number of hydrogen-bond donors (Lipinski definition) is 0. The summed E-state index contributed by atoms with van der Waals surface area (Å²) in [6.07, 6.45) is 1.07. The van der Waals surface area contributed by atoms with Gasteiger partial charge in [-0.1, -0.05) is 28.9 Å². The molecule has 0 N–H and O–H groups in total. The second kappa shape index (κ2) is 8.20. The highest BCUT2D eigenvalue weighted by Crippen LogP contribution is 2.16. The van der Waals surface area contributed by atoms with Crippen LogP contribution in [0.25, 0.3) is 0 Å². The average molecular weight is 328 g/mol. The Balaban J connectivity index is 2.84. The summed E-state index contributed by atoms with van der Waals surface area (Å²) in [5.41, 5.74) is 0.688. The minimum atomic E-state index is 0.0653. The van der Waals surface area contributed by atoms with Gasteiger partial charge < -0.3 is 9.64 Å². The highest BCUT2D eigenvalue weighted by Gasteiger charge is 2.15. The SMILES string of the molecule is CCCN(CCBr)C(=O)c1cccc(OC(C)C)c1. The molecular weight excluding hydrogens is 306 g/mol. The van der Waals surface area contributed by atoms with E-state index in [-0.39, 0.29) is 12.0 Å². The number of carbonyl (C=O) groups is 1. The van der Waals surface area contributed by atoms with Gasteiger partial charge in [-0.25, -0.2) is 0 Å². The van der Waals surface area contributed by atoms with Crippen molar-refractivity contribution in [3.8, 4) is 5.75 Å². The van der Waals surface area contributed by atoms with Crippen molar-refractivity contribution in [2.24, 2.45) is 0 Å². The van der Waals surface area contributed by atoms with E-state index in [4.69, 9.17) is 4.74 Å². The quantitative estimate of drug-likeness (QED) is 0.714. The topological polar surface area (TPSA) is 29.5 Å². The molecule has 0 radical (unpaired) electrons. The van der Waals surface area contributed by atoms with E-state index in [1.807, 2.05) is 43.0 Å². The first-order valence-electron chi connectivity index (χ1n) is 6.70. The van der Waals surface area contributed by atoms with Crippen molar-refractivity contribution in [2.45, 2.75) is 33.3 Å². The van der Waals surface area contributed by atoms with Gasteiger partial charge in [-0.2, -0.15) is 0 Å². The first-order valence-corrected chi connectivity index (χ1v) is 7.82. The Bertz CT molecular complexity index is 401. The Hall–Kier alpha value is -1.03. The van der Waals surface area contributed by atoms with Gasteiger partial charge >= 0.3 is 0 Å². The van der Waals surface area contributed by atoms with Gasteiger partial charge in [0.15, 0.2) is 0 Å². The van der Waals surface area contributed by atoms with Crippen LogP contribution in [0.1, 0.15) is 37.6 Å². The van der Waals surface area contributed by atoms with Crippen LogP contribution in [0.4, 0.5) is 0 Å². The zero-order valence-electron chi connectivity index (χ0n) is 11.9. The third-order valence-corrected chi connectivity index (χ3v) is 2.94. The largest absolute Gasteiger partial charge is 0.491 e. The molecule has 3 nitrogen and oxygen atoms in total. The molecule has 0 bridgehead atoms. The van der Waals surface area contributed by atoms with E-state index in [2.05, 4.69) is 22.9 Å². The number of amides is 1. The van der Waals surface area contributed by atoms with Crippen molar-refractivity contribution in [3.63, 3.8) is 0 Å². The van der Waals surface area contributed by atoms with Crippen LogP contribution < -0.4 is 4.74 Å². The standard InChI is InChI=1S/C15H22BrNO2/c1-4-9-17(10-8-16)15(18)13-6-5-7-14(11-13)19-12(2)3/h5-7,11-12H,4,8-10H2,1-3H3. The molecule has 1 amide bonds. The smallest absolute Gasteiger partial charge is 0.254 e. The first kappa shape index (κ1) is 16.0. The van der Waals surface area contributed by atoms with E-state index in [0.717, 1.165) is 30.6 Å². The summed E-state index contributed by atoms with van der Waals surface area (Å²) in [5.74, 6) is 0.812. The summed E-state index contributed by atoms with van der Waals surface area (Å²) in [7, 11) is 0. The number of benzene rings is 1. The first-order chi connectivity index (χ1) is 9.08. The Morgan fingerprint density at radius 1 is 1.37 bits per heavy atom. The molecular formula is C15H22BrNO2. The van der Waals surface area contributed by atoms with Crippen molar-refractivity contribution in [3.05, 3.63) is 29.8 Å². The Labute approximate surface area is 124 Å². The van der Waals surface area contributed by atoms with E-state index < -0.39 is 0 Å². The predicted octanol–water partition coefficient (Wildman–Crippen LogP) is 3.72. The zero-order chi connectivity index (χ0) is 14.3. The van der Waals surface area contributed by atoms with Crippen LogP contribution in [-0.2, 0) is 0 Å². The molecule has 1 aromatic carbocycles. The van der Waals surface area contributed by atoms with Crippen LogP contribution in [0.2, 0.25) is 0 Å². The minimum absolute atomic E-state index is 0.0653. The lowest BCUT2D eigenvalue weighted by molar-refractivity contribution is 0.0765. The van der Waals surface area contributed by atoms with Crippen LogP contribution in [0, 0.1) is 0 Å². The van der Waals surface area contributed by atoms with Crippen LogP contribution in [-0.4, -0.2) is 35.3 Å². The number of ether oxygens (including phenoxy) is 1. The third-order valence-electron chi connectivity index (χ3n) is 2.59. The highest BCUT2D eigenvalue weighted by molar-refractivity contribution is 9.09. The van der Waals surface area contributed by atoms with Gasteiger partial charge in [0.25, 0.3) is 5.91 Å². The lowest BCUT2D eigenvalue weighted by atomic mass is 10.2. The van der Waals surface area contributed by atoms with E-state index in [1.165, 1.54) is 0 Å². The van der Waals surface area contributed by atoms with Crippen molar-refractivity contribution in [1.82, 2.24) is 4.90 Å². The molecule has 0 saturated heterocycles. The fourth-order valence-corrected chi connectivity index (χ4v) is 2.27. The van der Waals surface area contributed by atoms with Gasteiger partial charge in [0.05, 0.1) is 6.10 Å². The van der Waals surface area contributed by atoms with Crippen molar-refractivity contribution in [1.29, 1.82) is 0 Å². The van der Waals surface area contributed by atoms with Crippen LogP contribution in [0.3, 0.4) is 0 Å². The van der Waals surface area contributed by atoms with Gasteiger partial charge in [0, 0.05) is 24.0 Å². The number of halogens is 1. The molecule has 1 rings (SSSR count). The van der Waals surface area contributed by atoms with Crippen LogP contribution >= 0.6 is 15.9 Å². The molecule has 0 fully saturated rings. The van der Waals surface area contributed by atoms with Crippen molar-refractivity contribution < 1.29 is 9.53 Å². The average Bonchev–Trinajstić information content (AvgIpc) is 2.37. The van der Waals surface area contributed by atoms with Gasteiger partial charge in [0.2, 0.25) is 0 Å². The zero-order valence-corrected chi connectivity index (χ0v) is 13.4. The third kappa shape index (κ3) is 5.23. The molecule has 19 heavy (non-hydrogen) atoms. The second-order valence-corrected chi connectivity index (χ2v) is 5.47. The molecule has 0 aromatic heterocycles. The summed E-state index contributed by atoms with van der Waals surface area (Å²) in [5, 5.41) is 0.793. The maximum Gasteiger partial charge on any atom is 0.254 e. The van der Waals surface area contributed by atoms with Crippen molar-refractivity contribution >= 4 is 21.8 Å². The number of carbonyl (C=O) groups excluding carboxylic acids is 1. The molecule has 0 heterocycles. The predicted molar refractivity (Wildman–Crippen MR) is 82.2 cm³/mol. The molecule has 0 unspecified atom stereocenters. The Morgan fingerprint density at radius 2 is 2.11 bits per heavy atom. The number of nitrogens with zero attached hydrogens (tertiary/aromatic N) is 1. The second-order valence-electron chi connectivity index (χ2n) is 4.68. The summed E-state index contributed by atoms with van der Waals surface area (Å²) in [6, 6.07) is 7.40. The maximum atomic E-state index is 12.4. The number of alkyl halides is 1. The number of hydrogen-bond acceptors (Lipinski definition) is 2. The Morgan fingerprint density at radius 3 is 2.68 bits per heavy atom. The molecule has 0 atom stereocenters. The molecule has 0 aliphatic rings. The fourth-order valence-electron chi connectivity index (χ4n) is 1.84. The molecule has 0 aliphatic heterocycles. The molecule has 0 saturated carbocycles.